The highest BCUT2D eigenvalue weighted by molar-refractivity contribution is 6.91. The minimum Gasteiger partial charge on any atom is -0.424 e. The van der Waals surface area contributed by atoms with Gasteiger partial charge in [-0.3, -0.25) is 14.8 Å². The van der Waals surface area contributed by atoms with Crippen molar-refractivity contribution < 1.29 is 9.53 Å². The van der Waals surface area contributed by atoms with Crippen LogP contribution in [-0.4, -0.2) is 29.0 Å². The highest BCUT2D eigenvalue weighted by Crippen LogP contribution is 2.28. The maximum Gasteiger partial charge on any atom is 0.311 e. The van der Waals surface area contributed by atoms with E-state index in [9.17, 15) is 4.79 Å². The van der Waals surface area contributed by atoms with E-state index in [1.165, 1.54) is 28.9 Å². The number of pyridine rings is 3. The van der Waals surface area contributed by atoms with Gasteiger partial charge in [0.05, 0.1) is 25.2 Å². The van der Waals surface area contributed by atoms with Gasteiger partial charge in [0.2, 0.25) is 0 Å². The molecule has 3 aromatic heterocycles. The number of fused-ring (bicyclic) bond motifs is 1. The van der Waals surface area contributed by atoms with Gasteiger partial charge in [-0.2, -0.15) is 0 Å². The molecule has 0 unspecified atom stereocenters. The number of nitrogens with zero attached hydrogens (tertiary/aromatic N) is 3. The molecule has 0 aliphatic rings. The van der Waals surface area contributed by atoms with Crippen LogP contribution in [-0.2, 0) is 11.2 Å². The number of benzene rings is 2. The summed E-state index contributed by atoms with van der Waals surface area (Å²) < 4.78 is 5.77. The zero-order valence-corrected chi connectivity index (χ0v) is 25.1. The van der Waals surface area contributed by atoms with E-state index in [2.05, 4.69) is 51.2 Å². The highest BCUT2D eigenvalue weighted by atomic mass is 28.3. The molecule has 41 heavy (non-hydrogen) atoms. The Morgan fingerprint density at radius 2 is 1.44 bits per heavy atom. The molecular weight excluding hydrogens is 522 g/mol. The van der Waals surface area contributed by atoms with Crippen molar-refractivity contribution in [1.82, 2.24) is 15.0 Å². The molecule has 0 atom stereocenters. The van der Waals surface area contributed by atoms with Crippen molar-refractivity contribution in [1.29, 1.82) is 0 Å². The Bertz CT molecular complexity index is 1590. The lowest BCUT2D eigenvalue weighted by molar-refractivity contribution is -0.134. The van der Waals surface area contributed by atoms with Crippen molar-refractivity contribution in [2.24, 2.45) is 0 Å². The molecule has 0 spiro atoms. The summed E-state index contributed by atoms with van der Waals surface area (Å²) >= 11 is 0. The highest BCUT2D eigenvalue weighted by Gasteiger charge is 2.29. The number of esters is 1. The van der Waals surface area contributed by atoms with E-state index in [0.29, 0.717) is 17.7 Å². The molecule has 208 valence electrons. The van der Waals surface area contributed by atoms with E-state index < -0.39 is 8.07 Å². The minimum absolute atomic E-state index is 0.248. The average Bonchev–Trinajstić information content (AvgIpc) is 3.03. The van der Waals surface area contributed by atoms with Crippen LogP contribution in [0.15, 0.2) is 97.3 Å². The zero-order chi connectivity index (χ0) is 28.7. The van der Waals surface area contributed by atoms with Crippen molar-refractivity contribution in [3.63, 3.8) is 0 Å². The fraction of sp³-hybridized carbons (Fsp3) is 0.257. The van der Waals surface area contributed by atoms with E-state index in [1.54, 1.807) is 6.07 Å². The predicted octanol–water partition coefficient (Wildman–Crippen LogP) is 8.00. The van der Waals surface area contributed by atoms with Crippen molar-refractivity contribution in [2.75, 3.05) is 0 Å². The van der Waals surface area contributed by atoms with E-state index in [1.807, 2.05) is 60.8 Å². The Morgan fingerprint density at radius 1 is 0.732 bits per heavy atom. The van der Waals surface area contributed by atoms with E-state index in [4.69, 9.17) is 19.7 Å². The maximum atomic E-state index is 12.6. The molecule has 5 rings (SSSR count). The summed E-state index contributed by atoms with van der Waals surface area (Å²) in [6.07, 6.45) is 5.84. The fourth-order valence-electron chi connectivity index (χ4n) is 5.54. The van der Waals surface area contributed by atoms with Crippen molar-refractivity contribution >= 4 is 30.1 Å². The van der Waals surface area contributed by atoms with Gasteiger partial charge in [0, 0.05) is 29.8 Å². The van der Waals surface area contributed by atoms with Crippen LogP contribution < -0.4 is 9.92 Å². The lowest BCUT2D eigenvalue weighted by Crippen LogP contribution is -2.45. The first kappa shape index (κ1) is 28.4. The number of hydrogen-bond acceptors (Lipinski definition) is 5. The third-order valence-corrected chi connectivity index (χ3v) is 13.9. The number of ether oxygens (including phenoxy) is 1. The van der Waals surface area contributed by atoms with Crippen LogP contribution in [0.3, 0.4) is 0 Å². The van der Waals surface area contributed by atoms with Gasteiger partial charge in [0.15, 0.2) is 5.75 Å². The van der Waals surface area contributed by atoms with Crippen LogP contribution in [0.5, 0.6) is 5.75 Å². The molecule has 0 fully saturated rings. The second-order valence-electron chi connectivity index (χ2n) is 10.5. The van der Waals surface area contributed by atoms with Crippen LogP contribution in [0.2, 0.25) is 18.1 Å². The van der Waals surface area contributed by atoms with Gasteiger partial charge in [-0.15, -0.1) is 0 Å². The third kappa shape index (κ3) is 6.44. The van der Waals surface area contributed by atoms with Crippen LogP contribution in [0.4, 0.5) is 0 Å². The number of rotatable bonds is 11. The molecular formula is C35H37N3O2Si. The topological polar surface area (TPSA) is 65.0 Å². The number of carbonyl (C=O) groups is 1. The normalized spacial score (nSPS) is 11.5. The van der Waals surface area contributed by atoms with Gasteiger partial charge in [-0.25, -0.2) is 4.98 Å². The van der Waals surface area contributed by atoms with Crippen LogP contribution >= 0.6 is 0 Å². The van der Waals surface area contributed by atoms with E-state index >= 15 is 0 Å². The molecule has 0 radical (unpaired) electrons. The van der Waals surface area contributed by atoms with Gasteiger partial charge in [0.1, 0.15) is 5.52 Å². The molecule has 5 aromatic rings. The Hall–Kier alpha value is -4.16. The van der Waals surface area contributed by atoms with Gasteiger partial charge in [0.25, 0.3) is 0 Å². The number of hydrogen-bond donors (Lipinski definition) is 0. The predicted molar refractivity (Wildman–Crippen MR) is 170 cm³/mol. The molecule has 6 heteroatoms. The maximum absolute atomic E-state index is 12.6. The van der Waals surface area contributed by atoms with Gasteiger partial charge in [-0.1, -0.05) is 93.5 Å². The smallest absolute Gasteiger partial charge is 0.311 e. The lowest BCUT2D eigenvalue weighted by atomic mass is 10.1. The molecule has 2 aromatic carbocycles. The number of aryl methyl sites for hydroxylation is 1. The largest absolute Gasteiger partial charge is 0.424 e. The molecule has 0 aliphatic carbocycles. The van der Waals surface area contributed by atoms with Gasteiger partial charge < -0.3 is 4.74 Å². The molecule has 0 saturated carbocycles. The van der Waals surface area contributed by atoms with E-state index in [0.717, 1.165) is 40.9 Å². The Labute approximate surface area is 243 Å². The number of para-hydroxylation sites is 1. The first-order valence-corrected chi connectivity index (χ1v) is 17.2. The summed E-state index contributed by atoms with van der Waals surface area (Å²) in [4.78, 5) is 27.0. The first-order chi connectivity index (χ1) is 20.0. The summed E-state index contributed by atoms with van der Waals surface area (Å²) in [5.41, 5.74) is 5.26. The second-order valence-corrected chi connectivity index (χ2v) is 15.8. The average molecular weight is 560 g/mol. The molecule has 0 N–H and O–H groups in total. The van der Waals surface area contributed by atoms with Crippen molar-refractivity contribution in [2.45, 2.75) is 58.2 Å². The monoisotopic (exact) mass is 559 g/mol. The SMILES string of the molecule is CC[Si](CC)(CC)c1ccc(-c2ccc(-c3ccc4cccc(OC(=O)CCCc5ccccc5)c4n3)cn2)nc1. The molecule has 3 heterocycles. The third-order valence-electron chi connectivity index (χ3n) is 8.32. The molecule has 0 amide bonds. The number of carbonyl (C=O) groups excluding carboxylic acids is 1. The molecule has 0 saturated heterocycles. The molecule has 0 bridgehead atoms. The summed E-state index contributed by atoms with van der Waals surface area (Å²) in [6.45, 7) is 6.94. The van der Waals surface area contributed by atoms with Gasteiger partial charge >= 0.3 is 5.97 Å². The van der Waals surface area contributed by atoms with Gasteiger partial charge in [-0.05, 0) is 53.9 Å². The number of aromatic nitrogens is 3. The zero-order valence-electron chi connectivity index (χ0n) is 24.1. The van der Waals surface area contributed by atoms with Crippen LogP contribution in [0.25, 0.3) is 33.5 Å². The standard InChI is InChI=1S/C35H37N3O2Si/c1-4-41(5-2,6-3)29-20-23-32(37-25-29)31-22-19-28(24-36-31)30-21-18-27-15-11-16-33(35(27)38-30)40-34(39)17-10-14-26-12-8-7-9-13-26/h7-9,11-13,15-16,18-25H,4-6,10,14,17H2,1-3H3. The lowest BCUT2D eigenvalue weighted by Gasteiger charge is -2.28. The summed E-state index contributed by atoms with van der Waals surface area (Å²) in [5.74, 6) is 0.232. The Morgan fingerprint density at radius 3 is 2.10 bits per heavy atom. The summed E-state index contributed by atoms with van der Waals surface area (Å²) in [5, 5.41) is 2.35. The minimum atomic E-state index is -1.45. The fourth-order valence-corrected chi connectivity index (χ4v) is 9.04. The second kappa shape index (κ2) is 13.0. The first-order valence-electron chi connectivity index (χ1n) is 14.6. The van der Waals surface area contributed by atoms with Crippen LogP contribution in [0, 0.1) is 0 Å². The Balaban J connectivity index is 1.30. The van der Waals surface area contributed by atoms with Crippen LogP contribution in [0.1, 0.15) is 39.2 Å². The van der Waals surface area contributed by atoms with Crippen molar-refractivity contribution in [3.05, 3.63) is 103 Å². The molecule has 0 aliphatic heterocycles. The Kier molecular flexibility index (Phi) is 9.00. The van der Waals surface area contributed by atoms with E-state index in [-0.39, 0.29) is 5.97 Å². The van der Waals surface area contributed by atoms with Crippen molar-refractivity contribution in [3.8, 4) is 28.4 Å². The summed E-state index contributed by atoms with van der Waals surface area (Å²) in [7, 11) is -1.45. The summed E-state index contributed by atoms with van der Waals surface area (Å²) in [6, 6.07) is 31.9. The quantitative estimate of drug-likeness (QED) is 0.0932. The molecule has 5 nitrogen and oxygen atoms in total.